The van der Waals surface area contributed by atoms with Crippen molar-refractivity contribution in [2.45, 2.75) is 17.8 Å². The SMILES string of the molecule is Cc1ccccc1CS(=O)(=O)c1nc(N)n[nH]1. The highest BCUT2D eigenvalue weighted by molar-refractivity contribution is 7.90. The Morgan fingerprint density at radius 2 is 2.06 bits per heavy atom. The van der Waals surface area contributed by atoms with Crippen LogP contribution in [0.3, 0.4) is 0 Å². The summed E-state index contributed by atoms with van der Waals surface area (Å²) in [6, 6.07) is 7.29. The van der Waals surface area contributed by atoms with E-state index in [1.807, 2.05) is 19.1 Å². The van der Waals surface area contributed by atoms with Gasteiger partial charge in [-0.3, -0.25) is 0 Å². The zero-order valence-corrected chi connectivity index (χ0v) is 10.0. The lowest BCUT2D eigenvalue weighted by Crippen LogP contribution is -2.08. The second-order valence-electron chi connectivity index (χ2n) is 3.68. The summed E-state index contributed by atoms with van der Waals surface area (Å²) in [6.07, 6.45) is 0. The van der Waals surface area contributed by atoms with Crippen molar-refractivity contribution in [3.05, 3.63) is 35.4 Å². The Morgan fingerprint density at radius 3 is 2.65 bits per heavy atom. The van der Waals surface area contributed by atoms with E-state index in [9.17, 15) is 8.42 Å². The molecule has 0 radical (unpaired) electrons. The van der Waals surface area contributed by atoms with Gasteiger partial charge in [0.15, 0.2) is 0 Å². The molecular weight excluding hydrogens is 240 g/mol. The van der Waals surface area contributed by atoms with Crippen LogP contribution in [0.2, 0.25) is 0 Å². The highest BCUT2D eigenvalue weighted by Crippen LogP contribution is 2.15. The molecule has 0 saturated carbocycles. The number of nitrogens with zero attached hydrogens (tertiary/aromatic N) is 2. The molecule has 0 spiro atoms. The molecule has 17 heavy (non-hydrogen) atoms. The Bertz CT molecular complexity index is 633. The van der Waals surface area contributed by atoms with Crippen molar-refractivity contribution in [1.29, 1.82) is 0 Å². The summed E-state index contributed by atoms with van der Waals surface area (Å²) in [7, 11) is -3.52. The smallest absolute Gasteiger partial charge is 0.245 e. The monoisotopic (exact) mass is 252 g/mol. The molecule has 0 aliphatic heterocycles. The first-order valence-electron chi connectivity index (χ1n) is 4.94. The van der Waals surface area contributed by atoms with Crippen molar-refractivity contribution in [3.63, 3.8) is 0 Å². The average molecular weight is 252 g/mol. The Balaban J connectivity index is 2.33. The van der Waals surface area contributed by atoms with E-state index < -0.39 is 9.84 Å². The minimum atomic E-state index is -3.52. The van der Waals surface area contributed by atoms with Gasteiger partial charge < -0.3 is 5.73 Å². The third-order valence-electron chi connectivity index (χ3n) is 2.38. The first-order chi connectivity index (χ1) is 7.99. The lowest BCUT2D eigenvalue weighted by molar-refractivity contribution is 0.587. The van der Waals surface area contributed by atoms with Crippen molar-refractivity contribution < 1.29 is 8.42 Å². The molecule has 0 aliphatic rings. The van der Waals surface area contributed by atoms with Gasteiger partial charge in [0.25, 0.3) is 0 Å². The molecule has 0 bridgehead atoms. The molecule has 2 aromatic rings. The number of rotatable bonds is 3. The summed E-state index contributed by atoms with van der Waals surface area (Å²) < 4.78 is 24.0. The zero-order valence-electron chi connectivity index (χ0n) is 9.21. The predicted molar refractivity (Wildman–Crippen MR) is 62.9 cm³/mol. The second-order valence-corrected chi connectivity index (χ2v) is 5.59. The van der Waals surface area contributed by atoms with Crippen LogP contribution in [-0.2, 0) is 15.6 Å². The van der Waals surface area contributed by atoms with E-state index in [4.69, 9.17) is 5.73 Å². The third kappa shape index (κ3) is 2.44. The molecule has 2 rings (SSSR count). The van der Waals surface area contributed by atoms with Crippen molar-refractivity contribution in [2.24, 2.45) is 0 Å². The highest BCUT2D eigenvalue weighted by Gasteiger charge is 2.20. The number of sulfone groups is 1. The second kappa shape index (κ2) is 4.17. The normalized spacial score (nSPS) is 11.6. The predicted octanol–water partition coefficient (Wildman–Crippen LogP) is 0.669. The molecular formula is C10H12N4O2S. The molecule has 1 heterocycles. The third-order valence-corrected chi connectivity index (χ3v) is 3.85. The standard InChI is InChI=1S/C10H12N4O2S/c1-7-4-2-3-5-8(7)6-17(15,16)10-12-9(11)13-14-10/h2-5H,6H2,1H3,(H3,11,12,13,14). The number of aromatic nitrogens is 3. The number of nitrogen functional groups attached to an aromatic ring is 1. The van der Waals surface area contributed by atoms with Crippen LogP contribution in [0.5, 0.6) is 0 Å². The number of benzene rings is 1. The van der Waals surface area contributed by atoms with Crippen LogP contribution in [-0.4, -0.2) is 23.6 Å². The molecule has 1 aromatic heterocycles. The molecule has 90 valence electrons. The molecule has 6 nitrogen and oxygen atoms in total. The van der Waals surface area contributed by atoms with E-state index in [1.165, 1.54) is 0 Å². The van der Waals surface area contributed by atoms with Gasteiger partial charge in [0.1, 0.15) is 0 Å². The first kappa shape index (κ1) is 11.6. The van der Waals surface area contributed by atoms with Crippen LogP contribution in [0, 0.1) is 6.92 Å². The van der Waals surface area contributed by atoms with Gasteiger partial charge in [-0.25, -0.2) is 13.5 Å². The molecule has 0 saturated heterocycles. The van der Waals surface area contributed by atoms with Gasteiger partial charge in [0.2, 0.25) is 20.9 Å². The largest absolute Gasteiger partial charge is 0.366 e. The fraction of sp³-hybridized carbons (Fsp3) is 0.200. The van der Waals surface area contributed by atoms with Crippen molar-refractivity contribution in [3.8, 4) is 0 Å². The minimum absolute atomic E-state index is 0.0756. The van der Waals surface area contributed by atoms with Gasteiger partial charge in [-0.1, -0.05) is 24.3 Å². The highest BCUT2D eigenvalue weighted by atomic mass is 32.2. The van der Waals surface area contributed by atoms with E-state index in [-0.39, 0.29) is 16.9 Å². The lowest BCUT2D eigenvalue weighted by Gasteiger charge is -2.04. The van der Waals surface area contributed by atoms with Crippen molar-refractivity contribution in [1.82, 2.24) is 15.2 Å². The van der Waals surface area contributed by atoms with E-state index in [0.717, 1.165) is 11.1 Å². The molecule has 1 aromatic carbocycles. The summed E-state index contributed by atoms with van der Waals surface area (Å²) in [4.78, 5) is 3.63. The number of nitrogens with one attached hydrogen (secondary N) is 1. The van der Waals surface area contributed by atoms with E-state index in [1.54, 1.807) is 12.1 Å². The fourth-order valence-corrected chi connectivity index (χ4v) is 2.73. The molecule has 3 N–H and O–H groups in total. The van der Waals surface area contributed by atoms with Gasteiger partial charge in [-0.15, -0.1) is 5.10 Å². The van der Waals surface area contributed by atoms with Crippen molar-refractivity contribution in [2.75, 3.05) is 5.73 Å². The number of anilines is 1. The molecule has 7 heteroatoms. The maximum absolute atomic E-state index is 12.0. The molecule has 0 amide bonds. The summed E-state index contributed by atoms with van der Waals surface area (Å²) in [5.74, 6) is -0.192. The number of H-pyrrole nitrogens is 1. The van der Waals surface area contributed by atoms with Crippen molar-refractivity contribution >= 4 is 15.8 Å². The average Bonchev–Trinajstić information content (AvgIpc) is 2.69. The van der Waals surface area contributed by atoms with E-state index >= 15 is 0 Å². The summed E-state index contributed by atoms with van der Waals surface area (Å²) in [5.41, 5.74) is 6.94. The van der Waals surface area contributed by atoms with Gasteiger partial charge in [0.05, 0.1) is 5.75 Å². The fourth-order valence-electron chi connectivity index (χ4n) is 1.44. The molecule has 0 unspecified atom stereocenters. The number of hydrogen-bond donors (Lipinski definition) is 2. The van der Waals surface area contributed by atoms with Crippen LogP contribution in [0.4, 0.5) is 5.95 Å². The summed E-state index contributed by atoms with van der Waals surface area (Å²) >= 11 is 0. The van der Waals surface area contributed by atoms with E-state index in [2.05, 4.69) is 15.2 Å². The molecule has 0 aliphatic carbocycles. The van der Waals surface area contributed by atoms with Crippen LogP contribution in [0.1, 0.15) is 11.1 Å². The lowest BCUT2D eigenvalue weighted by atomic mass is 10.1. The minimum Gasteiger partial charge on any atom is -0.366 e. The van der Waals surface area contributed by atoms with Gasteiger partial charge >= 0.3 is 0 Å². The van der Waals surface area contributed by atoms with Crippen LogP contribution in [0.25, 0.3) is 0 Å². The van der Waals surface area contributed by atoms with Crippen LogP contribution < -0.4 is 5.73 Å². The van der Waals surface area contributed by atoms with E-state index in [0.29, 0.717) is 0 Å². The zero-order chi connectivity index (χ0) is 12.5. The molecule has 0 fully saturated rings. The number of aryl methyl sites for hydroxylation is 1. The van der Waals surface area contributed by atoms with Crippen LogP contribution >= 0.6 is 0 Å². The Hall–Kier alpha value is -1.89. The van der Waals surface area contributed by atoms with Gasteiger partial charge in [-0.2, -0.15) is 4.98 Å². The van der Waals surface area contributed by atoms with Gasteiger partial charge in [-0.05, 0) is 18.1 Å². The number of aromatic amines is 1. The quantitative estimate of drug-likeness (QED) is 0.835. The van der Waals surface area contributed by atoms with Gasteiger partial charge in [0, 0.05) is 0 Å². The molecule has 0 atom stereocenters. The number of nitrogens with two attached hydrogens (primary N) is 1. The Kier molecular flexibility index (Phi) is 2.84. The topological polar surface area (TPSA) is 102 Å². The Labute approximate surface area is 98.8 Å². The number of hydrogen-bond acceptors (Lipinski definition) is 5. The maximum atomic E-state index is 12.0. The summed E-state index contributed by atoms with van der Waals surface area (Å²) in [5, 5.41) is 5.62. The van der Waals surface area contributed by atoms with Crippen LogP contribution in [0.15, 0.2) is 29.4 Å². The Morgan fingerprint density at radius 1 is 1.35 bits per heavy atom. The summed E-state index contributed by atoms with van der Waals surface area (Å²) in [6.45, 7) is 1.86. The maximum Gasteiger partial charge on any atom is 0.245 e. The first-order valence-corrected chi connectivity index (χ1v) is 6.59.